The average Bonchev–Trinajstić information content (AvgIpc) is 2.95. The number of thioether (sulfide) groups is 1. The van der Waals surface area contributed by atoms with Gasteiger partial charge in [0.15, 0.2) is 11.5 Å². The minimum Gasteiger partial charge on any atom is -0.493 e. The van der Waals surface area contributed by atoms with Crippen LogP contribution in [0.25, 0.3) is 6.08 Å². The molecule has 0 bridgehead atoms. The number of benzene rings is 2. The number of ether oxygens (including phenoxy) is 2. The van der Waals surface area contributed by atoms with Crippen molar-refractivity contribution in [3.8, 4) is 11.5 Å². The topological polar surface area (TPSA) is 76.1 Å². The molecule has 1 amide bonds. The second-order valence-electron chi connectivity index (χ2n) is 6.47. The minimum atomic E-state index is -1.11. The SMILES string of the molecule is COc1cc(/C=C2/SC(=S)N(CC(=O)O)C2=O)cc(I)c1OCc1ccc(C)cc1. The lowest BCUT2D eigenvalue weighted by molar-refractivity contribution is -0.140. The largest absolute Gasteiger partial charge is 0.493 e. The predicted octanol–water partition coefficient (Wildman–Crippen LogP) is 4.47. The van der Waals surface area contributed by atoms with E-state index in [4.69, 9.17) is 26.8 Å². The first kappa shape index (κ1) is 22.6. The summed E-state index contributed by atoms with van der Waals surface area (Å²) in [7, 11) is 1.56. The second-order valence-corrected chi connectivity index (χ2v) is 9.31. The number of nitrogens with zero attached hydrogens (tertiary/aromatic N) is 1. The van der Waals surface area contributed by atoms with Gasteiger partial charge in [-0.1, -0.05) is 53.8 Å². The highest BCUT2D eigenvalue weighted by Gasteiger charge is 2.33. The van der Waals surface area contributed by atoms with Crippen molar-refractivity contribution in [3.63, 3.8) is 0 Å². The number of thiocarbonyl (C=S) groups is 1. The van der Waals surface area contributed by atoms with Crippen LogP contribution in [0, 0.1) is 10.5 Å². The molecular weight excluding hydrogens is 537 g/mol. The molecule has 6 nitrogen and oxygen atoms in total. The molecular formula is C21H18INO5S2. The molecule has 2 aromatic carbocycles. The van der Waals surface area contributed by atoms with Crippen LogP contribution in [-0.4, -0.2) is 39.9 Å². The van der Waals surface area contributed by atoms with Crippen molar-refractivity contribution in [2.24, 2.45) is 0 Å². The van der Waals surface area contributed by atoms with Crippen LogP contribution in [0.3, 0.4) is 0 Å². The maximum absolute atomic E-state index is 12.5. The summed E-state index contributed by atoms with van der Waals surface area (Å²) in [6.07, 6.45) is 1.68. The fourth-order valence-electron chi connectivity index (χ4n) is 2.73. The highest BCUT2D eigenvalue weighted by Crippen LogP contribution is 2.37. The standard InChI is InChI=1S/C21H18INO5S2/c1-12-3-5-13(6-4-12)11-28-19-15(22)7-14(8-16(19)27-2)9-17-20(26)23(10-18(24)25)21(29)30-17/h3-9H,10-11H2,1-2H3,(H,24,25)/b17-9+. The summed E-state index contributed by atoms with van der Waals surface area (Å²) in [6.45, 7) is 1.99. The van der Waals surface area contributed by atoms with E-state index in [2.05, 4.69) is 22.6 Å². The number of carbonyl (C=O) groups is 2. The molecule has 0 atom stereocenters. The lowest BCUT2D eigenvalue weighted by Crippen LogP contribution is -2.33. The van der Waals surface area contributed by atoms with Crippen LogP contribution >= 0.6 is 46.6 Å². The molecule has 1 N–H and O–H groups in total. The maximum atomic E-state index is 12.5. The monoisotopic (exact) mass is 555 g/mol. The third kappa shape index (κ3) is 5.32. The van der Waals surface area contributed by atoms with Crippen LogP contribution in [0.5, 0.6) is 11.5 Å². The van der Waals surface area contributed by atoms with Gasteiger partial charge in [-0.15, -0.1) is 0 Å². The molecule has 9 heteroatoms. The molecule has 0 unspecified atom stereocenters. The van der Waals surface area contributed by atoms with Crippen LogP contribution in [0.1, 0.15) is 16.7 Å². The van der Waals surface area contributed by atoms with Gasteiger partial charge in [-0.25, -0.2) is 0 Å². The van der Waals surface area contributed by atoms with E-state index in [1.807, 2.05) is 37.3 Å². The number of amides is 1. The number of hydrogen-bond acceptors (Lipinski definition) is 6. The van der Waals surface area contributed by atoms with Crippen molar-refractivity contribution in [1.82, 2.24) is 4.90 Å². The molecule has 0 aromatic heterocycles. The molecule has 2 aromatic rings. The van der Waals surface area contributed by atoms with Gasteiger partial charge >= 0.3 is 5.97 Å². The van der Waals surface area contributed by atoms with E-state index in [-0.39, 0.29) is 4.32 Å². The Hall–Kier alpha value is -2.11. The third-order valence-corrected chi connectivity index (χ3v) is 6.40. The molecule has 1 heterocycles. The molecule has 0 radical (unpaired) electrons. The van der Waals surface area contributed by atoms with E-state index < -0.39 is 18.4 Å². The van der Waals surface area contributed by atoms with Gasteiger partial charge in [-0.3, -0.25) is 14.5 Å². The molecule has 0 spiro atoms. The van der Waals surface area contributed by atoms with Crippen LogP contribution in [0.2, 0.25) is 0 Å². The number of aliphatic carboxylic acids is 1. The fraction of sp³-hybridized carbons (Fsp3) is 0.190. The van der Waals surface area contributed by atoms with Gasteiger partial charge in [0, 0.05) is 0 Å². The molecule has 1 saturated heterocycles. The van der Waals surface area contributed by atoms with Gasteiger partial charge in [0.05, 0.1) is 15.6 Å². The summed E-state index contributed by atoms with van der Waals surface area (Å²) in [5.74, 6) is -0.365. The predicted molar refractivity (Wildman–Crippen MR) is 129 cm³/mol. The van der Waals surface area contributed by atoms with E-state index in [1.165, 1.54) is 5.56 Å². The lowest BCUT2D eigenvalue weighted by Gasteiger charge is -2.14. The van der Waals surface area contributed by atoms with Crippen LogP contribution < -0.4 is 9.47 Å². The van der Waals surface area contributed by atoms with Gasteiger partial charge in [0.2, 0.25) is 0 Å². The Bertz CT molecular complexity index is 1040. The summed E-state index contributed by atoms with van der Waals surface area (Å²) in [5.41, 5.74) is 2.96. The maximum Gasteiger partial charge on any atom is 0.323 e. The second kappa shape index (κ2) is 9.80. The summed E-state index contributed by atoms with van der Waals surface area (Å²) in [4.78, 5) is 24.9. The summed E-state index contributed by atoms with van der Waals surface area (Å²) < 4.78 is 12.5. The number of carboxylic acids is 1. The average molecular weight is 555 g/mol. The Labute approximate surface area is 197 Å². The Morgan fingerprint density at radius 1 is 1.30 bits per heavy atom. The molecule has 156 valence electrons. The number of methoxy groups -OCH3 is 1. The molecule has 30 heavy (non-hydrogen) atoms. The molecule has 3 rings (SSSR count). The van der Waals surface area contributed by atoms with Gasteiger partial charge in [-0.05, 0) is 58.9 Å². The van der Waals surface area contributed by atoms with E-state index in [0.717, 1.165) is 31.4 Å². The summed E-state index contributed by atoms with van der Waals surface area (Å²) in [6, 6.07) is 11.7. The van der Waals surface area contributed by atoms with Crippen LogP contribution in [-0.2, 0) is 16.2 Å². The number of hydrogen-bond donors (Lipinski definition) is 1. The van der Waals surface area contributed by atoms with Gasteiger partial charge in [0.1, 0.15) is 17.5 Å². The Morgan fingerprint density at radius 2 is 2.00 bits per heavy atom. The van der Waals surface area contributed by atoms with Crippen molar-refractivity contribution >= 4 is 68.8 Å². The normalized spacial score (nSPS) is 15.0. The van der Waals surface area contributed by atoms with E-state index in [0.29, 0.717) is 23.0 Å². The van der Waals surface area contributed by atoms with Crippen molar-refractivity contribution in [1.29, 1.82) is 0 Å². The fourth-order valence-corrected chi connectivity index (χ4v) is 4.76. The molecule has 1 aliphatic heterocycles. The molecule has 1 aliphatic rings. The number of aryl methyl sites for hydroxylation is 1. The van der Waals surface area contributed by atoms with E-state index >= 15 is 0 Å². The zero-order chi connectivity index (χ0) is 21.8. The number of halogens is 1. The Kier molecular flexibility index (Phi) is 7.37. The quantitative estimate of drug-likeness (QED) is 0.307. The van der Waals surface area contributed by atoms with Gasteiger partial charge < -0.3 is 14.6 Å². The number of rotatable bonds is 7. The summed E-state index contributed by atoms with van der Waals surface area (Å²) >= 11 is 8.37. The van der Waals surface area contributed by atoms with Gasteiger partial charge in [0.25, 0.3) is 5.91 Å². The summed E-state index contributed by atoms with van der Waals surface area (Å²) in [5, 5.41) is 8.95. The number of carboxylic acid groups (broad SMARTS) is 1. The van der Waals surface area contributed by atoms with Crippen LogP contribution in [0.4, 0.5) is 0 Å². The Balaban J connectivity index is 1.82. The zero-order valence-electron chi connectivity index (χ0n) is 16.2. The molecule has 1 fully saturated rings. The van der Waals surface area contributed by atoms with Crippen LogP contribution in [0.15, 0.2) is 41.3 Å². The third-order valence-electron chi connectivity index (χ3n) is 4.22. The van der Waals surface area contributed by atoms with Gasteiger partial charge in [-0.2, -0.15) is 0 Å². The van der Waals surface area contributed by atoms with Crippen molar-refractivity contribution in [3.05, 3.63) is 61.6 Å². The van der Waals surface area contributed by atoms with Crippen molar-refractivity contribution < 1.29 is 24.2 Å². The van der Waals surface area contributed by atoms with Crippen molar-refractivity contribution in [2.75, 3.05) is 13.7 Å². The highest BCUT2D eigenvalue weighted by atomic mass is 127. The first-order valence-electron chi connectivity index (χ1n) is 8.81. The van der Waals surface area contributed by atoms with E-state index in [1.54, 1.807) is 19.3 Å². The Morgan fingerprint density at radius 3 is 2.63 bits per heavy atom. The lowest BCUT2D eigenvalue weighted by atomic mass is 10.1. The molecule has 0 aliphatic carbocycles. The van der Waals surface area contributed by atoms with Crippen molar-refractivity contribution in [2.45, 2.75) is 13.5 Å². The number of carbonyl (C=O) groups excluding carboxylic acids is 1. The highest BCUT2D eigenvalue weighted by molar-refractivity contribution is 14.1. The van der Waals surface area contributed by atoms with E-state index in [9.17, 15) is 9.59 Å². The first-order valence-corrected chi connectivity index (χ1v) is 11.1. The zero-order valence-corrected chi connectivity index (χ0v) is 20.0. The molecule has 0 saturated carbocycles. The smallest absolute Gasteiger partial charge is 0.323 e. The first-order chi connectivity index (χ1) is 14.3. The minimum absolute atomic E-state index is 0.230.